The molecule has 4 unspecified atom stereocenters. The van der Waals surface area contributed by atoms with E-state index in [0.29, 0.717) is 0 Å². The van der Waals surface area contributed by atoms with Gasteiger partial charge in [0.2, 0.25) is 0 Å². The predicted octanol–water partition coefficient (Wildman–Crippen LogP) is -1.21. The highest BCUT2D eigenvalue weighted by molar-refractivity contribution is 6.28. The molecule has 9 nitrogen and oxygen atoms in total. The minimum absolute atomic E-state index is 0.0147. The summed E-state index contributed by atoms with van der Waals surface area (Å²) in [6, 6.07) is 4.43. The lowest BCUT2D eigenvalue weighted by molar-refractivity contribution is -0.168. The number of benzene rings is 1. The third-order valence-corrected chi connectivity index (χ3v) is 6.58. The Balaban J connectivity index is 1.84. The molecule has 0 heterocycles. The summed E-state index contributed by atoms with van der Waals surface area (Å²) in [6.45, 7) is -0.961. The molecule has 0 bridgehead atoms. The summed E-state index contributed by atoms with van der Waals surface area (Å²) in [4.78, 5) is 38.4. The van der Waals surface area contributed by atoms with Crippen molar-refractivity contribution in [3.63, 3.8) is 0 Å². The second-order valence-corrected chi connectivity index (χ2v) is 8.09. The Morgan fingerprint density at radius 1 is 1.10 bits per heavy atom. The Bertz CT molecular complexity index is 981. The van der Waals surface area contributed by atoms with Gasteiger partial charge in [0, 0.05) is 35.0 Å². The highest BCUT2D eigenvalue weighted by atomic mass is 16.5. The number of fused-ring (bicyclic) bond motifs is 2. The summed E-state index contributed by atoms with van der Waals surface area (Å²) in [7, 11) is 1.34. The van der Waals surface area contributed by atoms with Crippen molar-refractivity contribution in [1.82, 2.24) is 0 Å². The highest BCUT2D eigenvalue weighted by Gasteiger charge is 2.58. The number of aliphatic hydroxyl groups is 5. The lowest BCUT2D eigenvalue weighted by Gasteiger charge is -2.50. The SMILES string of the molecule is COc1cccc2c1C(=O)C1=C(C2=O)C(O)C2C[C@@](O)(C(=O)CO)C[C@H](O)C2C1O. The van der Waals surface area contributed by atoms with Crippen molar-refractivity contribution in [2.45, 2.75) is 36.8 Å². The maximum atomic E-state index is 13.2. The minimum atomic E-state index is -2.11. The maximum absolute atomic E-state index is 13.2. The number of aliphatic hydroxyl groups excluding tert-OH is 4. The normalized spacial score (nSPS) is 35.5. The fourth-order valence-electron chi connectivity index (χ4n) is 5.16. The molecule has 6 atom stereocenters. The number of hydrogen-bond acceptors (Lipinski definition) is 9. The molecule has 160 valence electrons. The largest absolute Gasteiger partial charge is 0.496 e. The molecule has 0 amide bonds. The van der Waals surface area contributed by atoms with Gasteiger partial charge in [-0.2, -0.15) is 0 Å². The van der Waals surface area contributed by atoms with E-state index < -0.39 is 66.1 Å². The zero-order valence-electron chi connectivity index (χ0n) is 16.1. The van der Waals surface area contributed by atoms with Crippen LogP contribution in [-0.4, -0.2) is 80.5 Å². The molecular weight excluding hydrogens is 396 g/mol. The Labute approximate surface area is 171 Å². The van der Waals surface area contributed by atoms with Gasteiger partial charge in [0.1, 0.15) is 18.0 Å². The Morgan fingerprint density at radius 3 is 2.40 bits per heavy atom. The van der Waals surface area contributed by atoms with Crippen LogP contribution in [0.15, 0.2) is 29.3 Å². The first-order chi connectivity index (χ1) is 14.2. The van der Waals surface area contributed by atoms with E-state index in [9.17, 15) is 34.8 Å². The molecule has 4 rings (SSSR count). The average molecular weight is 418 g/mol. The van der Waals surface area contributed by atoms with E-state index in [2.05, 4.69) is 0 Å². The summed E-state index contributed by atoms with van der Waals surface area (Å²) >= 11 is 0. The van der Waals surface area contributed by atoms with Crippen LogP contribution in [0.2, 0.25) is 0 Å². The molecule has 0 aliphatic heterocycles. The minimum Gasteiger partial charge on any atom is -0.496 e. The van der Waals surface area contributed by atoms with Gasteiger partial charge in [0.15, 0.2) is 17.3 Å². The van der Waals surface area contributed by atoms with Gasteiger partial charge in [-0.3, -0.25) is 14.4 Å². The predicted molar refractivity (Wildman–Crippen MR) is 100.0 cm³/mol. The number of hydrogen-bond donors (Lipinski definition) is 5. The summed E-state index contributed by atoms with van der Waals surface area (Å²) in [6.07, 6.45) is -5.49. The molecular formula is C21H22O9. The van der Waals surface area contributed by atoms with Crippen LogP contribution < -0.4 is 4.74 Å². The third kappa shape index (κ3) is 2.70. The number of rotatable bonds is 3. The first kappa shape index (κ1) is 20.8. The Kier molecular flexibility index (Phi) is 4.91. The standard InChI is InChI=1S/C21H22O9/c1-30-11-4-2-3-8-14(11)20(28)16-15(17(8)25)18(26)9-5-21(29,12(24)7-22)6-10(23)13(9)19(16)27/h2-4,9-10,13,18-19,22-23,26-27,29H,5-7H2,1H3/t9?,10-,13?,18?,19?,21-/m0/s1. The van der Waals surface area contributed by atoms with Crippen LogP contribution >= 0.6 is 0 Å². The Morgan fingerprint density at radius 2 is 1.77 bits per heavy atom. The molecule has 0 radical (unpaired) electrons. The van der Waals surface area contributed by atoms with Crippen molar-refractivity contribution < 1.29 is 44.7 Å². The topological polar surface area (TPSA) is 162 Å². The van der Waals surface area contributed by atoms with Crippen molar-refractivity contribution in [3.8, 4) is 5.75 Å². The van der Waals surface area contributed by atoms with Gasteiger partial charge >= 0.3 is 0 Å². The summed E-state index contributed by atoms with van der Waals surface area (Å²) in [5, 5.41) is 52.4. The van der Waals surface area contributed by atoms with Gasteiger partial charge in [0.25, 0.3) is 0 Å². The zero-order chi connectivity index (χ0) is 22.0. The molecule has 1 fully saturated rings. The van der Waals surface area contributed by atoms with Crippen LogP contribution in [0, 0.1) is 11.8 Å². The first-order valence-corrected chi connectivity index (χ1v) is 9.57. The molecule has 9 heteroatoms. The van der Waals surface area contributed by atoms with Crippen LogP contribution in [0.4, 0.5) is 0 Å². The first-order valence-electron chi connectivity index (χ1n) is 9.57. The molecule has 3 aliphatic rings. The number of ketones is 3. The van der Waals surface area contributed by atoms with E-state index in [1.165, 1.54) is 25.3 Å². The van der Waals surface area contributed by atoms with E-state index in [1.54, 1.807) is 0 Å². The van der Waals surface area contributed by atoms with E-state index >= 15 is 0 Å². The maximum Gasteiger partial charge on any atom is 0.196 e. The van der Waals surface area contributed by atoms with E-state index in [0.717, 1.165) is 0 Å². The smallest absolute Gasteiger partial charge is 0.196 e. The second-order valence-electron chi connectivity index (χ2n) is 8.09. The summed E-state index contributed by atoms with van der Waals surface area (Å²) in [5.41, 5.74) is -2.73. The van der Waals surface area contributed by atoms with Crippen LogP contribution in [0.3, 0.4) is 0 Å². The quantitative estimate of drug-likeness (QED) is 0.405. The lowest BCUT2D eigenvalue weighted by atomic mass is 9.58. The van der Waals surface area contributed by atoms with Gasteiger partial charge in [-0.05, 0) is 12.5 Å². The Hall–Kier alpha value is -2.43. The van der Waals surface area contributed by atoms with Crippen molar-refractivity contribution in [2.24, 2.45) is 11.8 Å². The second kappa shape index (κ2) is 7.07. The molecule has 30 heavy (non-hydrogen) atoms. The van der Waals surface area contributed by atoms with Gasteiger partial charge in [0.05, 0.1) is 31.0 Å². The van der Waals surface area contributed by atoms with Crippen molar-refractivity contribution in [2.75, 3.05) is 13.7 Å². The molecule has 0 saturated heterocycles. The number of carbonyl (C=O) groups is 3. The number of Topliss-reactive ketones (excluding diaryl/α,β-unsaturated/α-hetero) is 3. The molecule has 1 aromatic carbocycles. The number of carbonyl (C=O) groups excluding carboxylic acids is 3. The van der Waals surface area contributed by atoms with Crippen LogP contribution in [0.5, 0.6) is 5.75 Å². The van der Waals surface area contributed by atoms with Crippen LogP contribution in [0.25, 0.3) is 0 Å². The lowest BCUT2D eigenvalue weighted by Crippen LogP contribution is -2.61. The average Bonchev–Trinajstić information content (AvgIpc) is 2.72. The van der Waals surface area contributed by atoms with Crippen molar-refractivity contribution >= 4 is 17.3 Å². The molecule has 0 spiro atoms. The van der Waals surface area contributed by atoms with Crippen LogP contribution in [-0.2, 0) is 4.79 Å². The fourth-order valence-corrected chi connectivity index (χ4v) is 5.16. The fraction of sp³-hybridized carbons (Fsp3) is 0.476. The molecule has 1 aromatic rings. The van der Waals surface area contributed by atoms with E-state index in [-0.39, 0.29) is 34.4 Å². The monoisotopic (exact) mass is 418 g/mol. The molecule has 0 aromatic heterocycles. The number of methoxy groups -OCH3 is 1. The summed E-state index contributed by atoms with van der Waals surface area (Å²) in [5.74, 6) is -4.29. The molecule has 3 aliphatic carbocycles. The number of ether oxygens (including phenoxy) is 1. The van der Waals surface area contributed by atoms with Gasteiger partial charge in [-0.25, -0.2) is 0 Å². The highest BCUT2D eigenvalue weighted by Crippen LogP contribution is 2.50. The van der Waals surface area contributed by atoms with E-state index in [4.69, 9.17) is 9.84 Å². The molecule has 1 saturated carbocycles. The third-order valence-electron chi connectivity index (χ3n) is 6.58. The van der Waals surface area contributed by atoms with Gasteiger partial charge in [-0.15, -0.1) is 0 Å². The van der Waals surface area contributed by atoms with Crippen molar-refractivity contribution in [1.29, 1.82) is 0 Å². The van der Waals surface area contributed by atoms with E-state index in [1.807, 2.05) is 0 Å². The zero-order valence-corrected chi connectivity index (χ0v) is 16.1. The molecule has 5 N–H and O–H groups in total. The van der Waals surface area contributed by atoms with Crippen molar-refractivity contribution in [3.05, 3.63) is 40.5 Å². The van der Waals surface area contributed by atoms with Gasteiger partial charge < -0.3 is 30.3 Å². The summed E-state index contributed by atoms with van der Waals surface area (Å²) < 4.78 is 5.18. The van der Waals surface area contributed by atoms with Crippen LogP contribution in [0.1, 0.15) is 33.6 Å². The van der Waals surface area contributed by atoms with Gasteiger partial charge in [-0.1, -0.05) is 12.1 Å².